The van der Waals surface area contributed by atoms with Crippen molar-refractivity contribution in [1.29, 1.82) is 0 Å². The van der Waals surface area contributed by atoms with Crippen LogP contribution in [-0.2, 0) is 6.42 Å². The molecule has 0 saturated carbocycles. The predicted octanol–water partition coefficient (Wildman–Crippen LogP) is 4.02. The molecule has 0 unspecified atom stereocenters. The molecule has 0 N–H and O–H groups in total. The van der Waals surface area contributed by atoms with Gasteiger partial charge in [-0.3, -0.25) is 0 Å². The van der Waals surface area contributed by atoms with Crippen LogP contribution >= 0.6 is 0 Å². The zero-order valence-electron chi connectivity index (χ0n) is 8.79. The van der Waals surface area contributed by atoms with E-state index in [0.717, 1.165) is 17.9 Å². The highest BCUT2D eigenvalue weighted by molar-refractivity contribution is 5.77. The van der Waals surface area contributed by atoms with E-state index in [4.69, 9.17) is 4.42 Å². The summed E-state index contributed by atoms with van der Waals surface area (Å²) in [5, 5.41) is 1.19. The van der Waals surface area contributed by atoms with E-state index in [1.54, 1.807) is 6.26 Å². The highest BCUT2D eigenvalue weighted by Crippen LogP contribution is 2.19. The van der Waals surface area contributed by atoms with Crippen LogP contribution in [0.25, 0.3) is 11.0 Å². The SMILES string of the molecule is CC[C@H](C)Cc1ccc2ccoc2c1. The Morgan fingerprint density at radius 3 is 2.93 bits per heavy atom. The van der Waals surface area contributed by atoms with E-state index >= 15 is 0 Å². The lowest BCUT2D eigenvalue weighted by molar-refractivity contribution is 0.559. The molecule has 1 aromatic carbocycles. The largest absolute Gasteiger partial charge is 0.464 e. The Bertz CT molecular complexity index is 414. The Labute approximate surface area is 84.7 Å². The van der Waals surface area contributed by atoms with Crippen LogP contribution in [-0.4, -0.2) is 0 Å². The van der Waals surface area contributed by atoms with Crippen molar-refractivity contribution < 1.29 is 4.42 Å². The summed E-state index contributed by atoms with van der Waals surface area (Å²) in [5.41, 5.74) is 2.38. The fraction of sp³-hybridized carbons (Fsp3) is 0.385. The van der Waals surface area contributed by atoms with Crippen molar-refractivity contribution in [2.45, 2.75) is 26.7 Å². The molecule has 0 radical (unpaired) electrons. The fourth-order valence-corrected chi connectivity index (χ4v) is 1.67. The summed E-state index contributed by atoms with van der Waals surface area (Å²) >= 11 is 0. The molecule has 2 aromatic rings. The molecule has 0 bridgehead atoms. The Morgan fingerprint density at radius 1 is 1.29 bits per heavy atom. The van der Waals surface area contributed by atoms with Crippen molar-refractivity contribution in [3.8, 4) is 0 Å². The van der Waals surface area contributed by atoms with Gasteiger partial charge in [0.1, 0.15) is 5.58 Å². The molecular formula is C13H16O. The predicted molar refractivity (Wildman–Crippen MR) is 59.4 cm³/mol. The van der Waals surface area contributed by atoms with Gasteiger partial charge in [-0.05, 0) is 30.0 Å². The number of furan rings is 1. The number of fused-ring (bicyclic) bond motifs is 1. The average Bonchev–Trinajstić information content (AvgIpc) is 2.64. The summed E-state index contributed by atoms with van der Waals surface area (Å²) in [6.45, 7) is 4.52. The second-order valence-electron chi connectivity index (χ2n) is 4.01. The lowest BCUT2D eigenvalue weighted by atomic mass is 9.98. The van der Waals surface area contributed by atoms with Gasteiger partial charge in [-0.2, -0.15) is 0 Å². The Balaban J connectivity index is 2.25. The van der Waals surface area contributed by atoms with Crippen LogP contribution in [0.2, 0.25) is 0 Å². The van der Waals surface area contributed by atoms with E-state index in [1.807, 2.05) is 6.07 Å². The van der Waals surface area contributed by atoms with Crippen LogP contribution < -0.4 is 0 Å². The molecule has 14 heavy (non-hydrogen) atoms. The first-order chi connectivity index (χ1) is 6.79. The molecule has 0 aliphatic carbocycles. The fourth-order valence-electron chi connectivity index (χ4n) is 1.67. The van der Waals surface area contributed by atoms with Crippen molar-refractivity contribution >= 4 is 11.0 Å². The molecule has 0 amide bonds. The summed E-state index contributed by atoms with van der Waals surface area (Å²) in [7, 11) is 0. The number of hydrogen-bond donors (Lipinski definition) is 0. The van der Waals surface area contributed by atoms with Crippen molar-refractivity contribution in [3.63, 3.8) is 0 Å². The molecule has 0 spiro atoms. The quantitative estimate of drug-likeness (QED) is 0.709. The lowest BCUT2D eigenvalue weighted by Gasteiger charge is -2.07. The van der Waals surface area contributed by atoms with Crippen molar-refractivity contribution in [2.75, 3.05) is 0 Å². The topological polar surface area (TPSA) is 13.1 Å². The minimum atomic E-state index is 0.752. The zero-order valence-corrected chi connectivity index (χ0v) is 8.79. The molecule has 1 nitrogen and oxygen atoms in total. The molecule has 1 heteroatoms. The second-order valence-corrected chi connectivity index (χ2v) is 4.01. The minimum Gasteiger partial charge on any atom is -0.464 e. The molecule has 0 saturated heterocycles. The van der Waals surface area contributed by atoms with Crippen LogP contribution in [0.15, 0.2) is 34.9 Å². The van der Waals surface area contributed by atoms with E-state index in [-0.39, 0.29) is 0 Å². The zero-order chi connectivity index (χ0) is 9.97. The van der Waals surface area contributed by atoms with Gasteiger partial charge in [0.2, 0.25) is 0 Å². The molecule has 74 valence electrons. The second kappa shape index (κ2) is 3.87. The van der Waals surface area contributed by atoms with Crippen molar-refractivity contribution in [3.05, 3.63) is 36.1 Å². The molecule has 0 aliphatic heterocycles. The summed E-state index contributed by atoms with van der Waals surface area (Å²) in [4.78, 5) is 0. The van der Waals surface area contributed by atoms with Gasteiger partial charge in [0, 0.05) is 5.39 Å². The van der Waals surface area contributed by atoms with Crippen LogP contribution in [0, 0.1) is 5.92 Å². The molecule has 0 fully saturated rings. The van der Waals surface area contributed by atoms with E-state index in [9.17, 15) is 0 Å². The smallest absolute Gasteiger partial charge is 0.134 e. The van der Waals surface area contributed by atoms with Gasteiger partial charge in [-0.15, -0.1) is 0 Å². The molecular weight excluding hydrogens is 172 g/mol. The first kappa shape index (κ1) is 9.32. The van der Waals surface area contributed by atoms with E-state index in [2.05, 4.69) is 32.0 Å². The monoisotopic (exact) mass is 188 g/mol. The van der Waals surface area contributed by atoms with Gasteiger partial charge in [0.25, 0.3) is 0 Å². The molecule has 1 atom stereocenters. The van der Waals surface area contributed by atoms with Crippen LogP contribution in [0.3, 0.4) is 0 Å². The first-order valence-corrected chi connectivity index (χ1v) is 5.25. The van der Waals surface area contributed by atoms with Gasteiger partial charge in [0.05, 0.1) is 6.26 Å². The van der Waals surface area contributed by atoms with Crippen LogP contribution in [0.1, 0.15) is 25.8 Å². The summed E-state index contributed by atoms with van der Waals surface area (Å²) in [6.07, 6.45) is 4.13. The van der Waals surface area contributed by atoms with Gasteiger partial charge in [0.15, 0.2) is 0 Å². The Hall–Kier alpha value is -1.24. The van der Waals surface area contributed by atoms with Gasteiger partial charge < -0.3 is 4.42 Å². The number of benzene rings is 1. The van der Waals surface area contributed by atoms with Crippen LogP contribution in [0.5, 0.6) is 0 Å². The Kier molecular flexibility index (Phi) is 2.58. The molecule has 1 aromatic heterocycles. The third kappa shape index (κ3) is 1.82. The standard InChI is InChI=1S/C13H16O/c1-3-10(2)8-11-4-5-12-6-7-14-13(12)9-11/h4-7,9-10H,3,8H2,1-2H3/t10-/m0/s1. The van der Waals surface area contributed by atoms with Gasteiger partial charge in [-0.1, -0.05) is 32.4 Å². The van der Waals surface area contributed by atoms with Crippen molar-refractivity contribution in [2.24, 2.45) is 5.92 Å². The minimum absolute atomic E-state index is 0.752. The molecule has 0 aliphatic rings. The molecule has 1 heterocycles. The van der Waals surface area contributed by atoms with E-state index in [1.165, 1.54) is 17.4 Å². The van der Waals surface area contributed by atoms with Gasteiger partial charge in [-0.25, -0.2) is 0 Å². The maximum absolute atomic E-state index is 5.37. The third-order valence-corrected chi connectivity index (χ3v) is 2.80. The maximum Gasteiger partial charge on any atom is 0.134 e. The highest BCUT2D eigenvalue weighted by atomic mass is 16.3. The van der Waals surface area contributed by atoms with Gasteiger partial charge >= 0.3 is 0 Å². The number of rotatable bonds is 3. The lowest BCUT2D eigenvalue weighted by Crippen LogP contribution is -1.96. The highest BCUT2D eigenvalue weighted by Gasteiger charge is 2.03. The summed E-state index contributed by atoms with van der Waals surface area (Å²) in [6, 6.07) is 8.49. The van der Waals surface area contributed by atoms with E-state index < -0.39 is 0 Å². The Morgan fingerprint density at radius 2 is 2.14 bits per heavy atom. The van der Waals surface area contributed by atoms with Crippen molar-refractivity contribution in [1.82, 2.24) is 0 Å². The average molecular weight is 188 g/mol. The number of hydrogen-bond acceptors (Lipinski definition) is 1. The normalized spacial score (nSPS) is 13.3. The maximum atomic E-state index is 5.37. The van der Waals surface area contributed by atoms with E-state index in [0.29, 0.717) is 0 Å². The summed E-state index contributed by atoms with van der Waals surface area (Å²) < 4.78 is 5.37. The molecule has 2 rings (SSSR count). The summed E-state index contributed by atoms with van der Waals surface area (Å²) in [5.74, 6) is 0.752. The first-order valence-electron chi connectivity index (χ1n) is 5.25. The third-order valence-electron chi connectivity index (χ3n) is 2.80. The van der Waals surface area contributed by atoms with Crippen LogP contribution in [0.4, 0.5) is 0 Å².